The lowest BCUT2D eigenvalue weighted by Crippen LogP contribution is -1.91. The molecule has 0 aromatic carbocycles. The summed E-state index contributed by atoms with van der Waals surface area (Å²) in [5, 5.41) is 0. The SMILES string of the molecule is CCCCC.O=C1CCC2CC12. The molecule has 1 heteroatoms. The zero-order valence-electron chi connectivity index (χ0n) is 8.31. The van der Waals surface area contributed by atoms with E-state index in [2.05, 4.69) is 13.8 Å². The Kier molecular flexibility index (Phi) is 3.77. The maximum Gasteiger partial charge on any atom is 0.136 e. The second-order valence-corrected chi connectivity index (χ2v) is 3.96. The Hall–Kier alpha value is -0.330. The molecule has 0 aliphatic heterocycles. The number of carbonyl (C=O) groups is 1. The highest BCUT2D eigenvalue weighted by atomic mass is 16.1. The van der Waals surface area contributed by atoms with Gasteiger partial charge in [0, 0.05) is 12.3 Å². The average molecular weight is 168 g/mol. The van der Waals surface area contributed by atoms with Crippen LogP contribution in [0.15, 0.2) is 0 Å². The van der Waals surface area contributed by atoms with Crippen molar-refractivity contribution in [3.8, 4) is 0 Å². The number of hydrogen-bond acceptors (Lipinski definition) is 1. The van der Waals surface area contributed by atoms with Crippen molar-refractivity contribution in [2.75, 3.05) is 0 Å². The summed E-state index contributed by atoms with van der Waals surface area (Å²) in [6.07, 6.45) is 7.38. The van der Waals surface area contributed by atoms with Crippen LogP contribution in [0.5, 0.6) is 0 Å². The van der Waals surface area contributed by atoms with Crippen molar-refractivity contribution in [3.05, 3.63) is 0 Å². The second kappa shape index (κ2) is 4.64. The maximum absolute atomic E-state index is 10.6. The number of hydrogen-bond donors (Lipinski definition) is 0. The Balaban J connectivity index is 0.000000130. The number of carbonyl (C=O) groups excluding carboxylic acids is 1. The predicted molar refractivity (Wildman–Crippen MR) is 51.0 cm³/mol. The Bertz CT molecular complexity index is 149. The minimum Gasteiger partial charge on any atom is -0.299 e. The highest BCUT2D eigenvalue weighted by Crippen LogP contribution is 2.49. The van der Waals surface area contributed by atoms with Crippen LogP contribution in [-0.2, 0) is 4.79 Å². The largest absolute Gasteiger partial charge is 0.299 e. The van der Waals surface area contributed by atoms with E-state index in [-0.39, 0.29) is 0 Å². The molecule has 0 aromatic heterocycles. The van der Waals surface area contributed by atoms with Gasteiger partial charge in [0.1, 0.15) is 5.78 Å². The highest BCUT2D eigenvalue weighted by Gasteiger charge is 2.47. The minimum atomic E-state index is 0.532. The van der Waals surface area contributed by atoms with Crippen molar-refractivity contribution in [1.82, 2.24) is 0 Å². The molecule has 2 unspecified atom stereocenters. The first-order valence-electron chi connectivity index (χ1n) is 5.32. The number of fused-ring (bicyclic) bond motifs is 1. The summed E-state index contributed by atoms with van der Waals surface area (Å²) < 4.78 is 0. The summed E-state index contributed by atoms with van der Waals surface area (Å²) in [4.78, 5) is 10.6. The van der Waals surface area contributed by atoms with Gasteiger partial charge in [0.05, 0.1) is 0 Å². The fraction of sp³-hybridized carbons (Fsp3) is 0.909. The third kappa shape index (κ3) is 2.62. The molecule has 0 N–H and O–H groups in total. The summed E-state index contributed by atoms with van der Waals surface area (Å²) >= 11 is 0. The molecule has 2 aliphatic rings. The Morgan fingerprint density at radius 2 is 2.00 bits per heavy atom. The van der Waals surface area contributed by atoms with Gasteiger partial charge in [0.2, 0.25) is 0 Å². The van der Waals surface area contributed by atoms with E-state index in [4.69, 9.17) is 0 Å². The smallest absolute Gasteiger partial charge is 0.136 e. The average Bonchev–Trinajstić information content (AvgIpc) is 2.76. The van der Waals surface area contributed by atoms with Crippen LogP contribution >= 0.6 is 0 Å². The fourth-order valence-electron chi connectivity index (χ4n) is 1.83. The maximum atomic E-state index is 10.6. The lowest BCUT2D eigenvalue weighted by molar-refractivity contribution is -0.119. The topological polar surface area (TPSA) is 17.1 Å². The van der Waals surface area contributed by atoms with Crippen molar-refractivity contribution >= 4 is 5.78 Å². The molecule has 12 heavy (non-hydrogen) atoms. The predicted octanol–water partition coefficient (Wildman–Crippen LogP) is 3.18. The van der Waals surface area contributed by atoms with E-state index in [1.807, 2.05) is 0 Å². The van der Waals surface area contributed by atoms with Gasteiger partial charge in [-0.1, -0.05) is 33.1 Å². The standard InChI is InChI=1S/C6H8O.C5H12/c7-6-2-1-4-3-5(4)6;1-3-5-4-2/h4-5H,1-3H2;3-5H2,1-2H3. The van der Waals surface area contributed by atoms with Crippen LogP contribution in [-0.4, -0.2) is 5.78 Å². The number of Topliss-reactive ketones (excluding diaryl/α,β-unsaturated/α-hetero) is 1. The number of ketones is 1. The van der Waals surface area contributed by atoms with Gasteiger partial charge in [-0.2, -0.15) is 0 Å². The molecule has 70 valence electrons. The van der Waals surface area contributed by atoms with Crippen LogP contribution in [0.2, 0.25) is 0 Å². The van der Waals surface area contributed by atoms with E-state index >= 15 is 0 Å². The van der Waals surface area contributed by atoms with Crippen LogP contribution in [0.3, 0.4) is 0 Å². The van der Waals surface area contributed by atoms with Gasteiger partial charge in [0.25, 0.3) is 0 Å². The van der Waals surface area contributed by atoms with E-state index in [9.17, 15) is 4.79 Å². The number of rotatable bonds is 2. The van der Waals surface area contributed by atoms with Gasteiger partial charge < -0.3 is 0 Å². The summed E-state index contributed by atoms with van der Waals surface area (Å²) in [6, 6.07) is 0. The molecule has 2 aliphatic carbocycles. The first kappa shape index (κ1) is 9.76. The fourth-order valence-corrected chi connectivity index (χ4v) is 1.83. The molecule has 0 spiro atoms. The Labute approximate surface area is 75.5 Å². The Morgan fingerprint density at radius 1 is 1.33 bits per heavy atom. The monoisotopic (exact) mass is 168 g/mol. The lowest BCUT2D eigenvalue weighted by Gasteiger charge is -1.82. The molecule has 0 aromatic rings. The summed E-state index contributed by atoms with van der Waals surface area (Å²) in [7, 11) is 0. The molecule has 0 bridgehead atoms. The molecule has 1 nitrogen and oxygen atoms in total. The van der Waals surface area contributed by atoms with E-state index in [0.29, 0.717) is 11.7 Å². The molecule has 0 heterocycles. The van der Waals surface area contributed by atoms with Crippen molar-refractivity contribution in [2.24, 2.45) is 11.8 Å². The molecule has 0 radical (unpaired) electrons. The van der Waals surface area contributed by atoms with Gasteiger partial charge in [-0.15, -0.1) is 0 Å². The van der Waals surface area contributed by atoms with E-state index in [1.54, 1.807) is 0 Å². The first-order chi connectivity index (χ1) is 5.79. The van der Waals surface area contributed by atoms with Gasteiger partial charge in [-0.05, 0) is 18.8 Å². The van der Waals surface area contributed by atoms with Crippen LogP contribution in [0.4, 0.5) is 0 Å². The summed E-state index contributed by atoms with van der Waals surface area (Å²) in [5.74, 6) is 1.91. The molecule has 2 saturated carbocycles. The molecular formula is C11H20O. The van der Waals surface area contributed by atoms with Gasteiger partial charge >= 0.3 is 0 Å². The van der Waals surface area contributed by atoms with Crippen molar-refractivity contribution in [3.63, 3.8) is 0 Å². The third-order valence-electron chi connectivity index (χ3n) is 2.80. The molecule has 2 rings (SSSR count). The van der Waals surface area contributed by atoms with E-state index in [1.165, 1.54) is 32.1 Å². The highest BCUT2D eigenvalue weighted by molar-refractivity contribution is 5.86. The van der Waals surface area contributed by atoms with Crippen LogP contribution in [0.25, 0.3) is 0 Å². The molecular weight excluding hydrogens is 148 g/mol. The van der Waals surface area contributed by atoms with Crippen LogP contribution < -0.4 is 0 Å². The lowest BCUT2D eigenvalue weighted by atomic mass is 10.2. The van der Waals surface area contributed by atoms with Crippen molar-refractivity contribution < 1.29 is 4.79 Å². The van der Waals surface area contributed by atoms with Crippen LogP contribution in [0, 0.1) is 11.8 Å². The van der Waals surface area contributed by atoms with Gasteiger partial charge in [-0.25, -0.2) is 0 Å². The zero-order chi connectivity index (χ0) is 8.97. The van der Waals surface area contributed by atoms with Crippen LogP contribution in [0.1, 0.15) is 52.4 Å². The second-order valence-electron chi connectivity index (χ2n) is 3.96. The van der Waals surface area contributed by atoms with Crippen molar-refractivity contribution in [2.45, 2.75) is 52.4 Å². The summed E-state index contributed by atoms with van der Waals surface area (Å²) in [5.41, 5.74) is 0. The van der Waals surface area contributed by atoms with Crippen molar-refractivity contribution in [1.29, 1.82) is 0 Å². The molecule has 2 fully saturated rings. The third-order valence-corrected chi connectivity index (χ3v) is 2.80. The minimum absolute atomic E-state index is 0.532. The molecule has 0 amide bonds. The quantitative estimate of drug-likeness (QED) is 0.619. The number of unbranched alkanes of at least 4 members (excludes halogenated alkanes) is 2. The normalized spacial score (nSPS) is 30.7. The van der Waals surface area contributed by atoms with Gasteiger partial charge in [0.15, 0.2) is 0 Å². The zero-order valence-corrected chi connectivity index (χ0v) is 8.31. The first-order valence-corrected chi connectivity index (χ1v) is 5.32. The Morgan fingerprint density at radius 3 is 2.08 bits per heavy atom. The molecule has 0 saturated heterocycles. The van der Waals surface area contributed by atoms with Gasteiger partial charge in [-0.3, -0.25) is 4.79 Å². The molecule has 2 atom stereocenters. The summed E-state index contributed by atoms with van der Waals surface area (Å²) in [6.45, 7) is 4.42. The van der Waals surface area contributed by atoms with E-state index < -0.39 is 0 Å². The van der Waals surface area contributed by atoms with E-state index in [0.717, 1.165) is 12.3 Å².